The number of nitrogens with zero attached hydrogens (tertiary/aromatic N) is 3. The van der Waals surface area contributed by atoms with Gasteiger partial charge in [-0.3, -0.25) is 9.52 Å². The number of halogens is 5. The molecule has 1 amide bonds. The van der Waals surface area contributed by atoms with Crippen LogP contribution in [0.4, 0.5) is 45.0 Å². The lowest BCUT2D eigenvalue weighted by atomic mass is 10.0. The number of hydrogen-bond acceptors (Lipinski definition) is 7. The number of fused-ring (bicyclic) bond motifs is 1. The SMILES string of the molecule is O=C(Nc1cc2ccoc2c(N2CCC(F)(F)CC2)n1)c1ccc(NS(=O)(=O)CCF)cc1N1CCC(=C(F)F)CC1. The fourth-order valence-electron chi connectivity index (χ4n) is 5.05. The lowest BCUT2D eigenvalue weighted by Gasteiger charge is -2.32. The molecule has 1 aromatic carbocycles. The highest BCUT2D eigenvalue weighted by Crippen LogP contribution is 2.35. The molecule has 2 N–H and O–H groups in total. The van der Waals surface area contributed by atoms with Crippen molar-refractivity contribution in [3.8, 4) is 0 Å². The summed E-state index contributed by atoms with van der Waals surface area (Å²) >= 11 is 0. The quantitative estimate of drug-likeness (QED) is 0.310. The van der Waals surface area contributed by atoms with E-state index in [0.29, 0.717) is 16.8 Å². The third-order valence-corrected chi connectivity index (χ3v) is 8.53. The second-order valence-electron chi connectivity index (χ2n) is 10.2. The summed E-state index contributed by atoms with van der Waals surface area (Å²) < 4.78 is 98.7. The first-order chi connectivity index (χ1) is 19.9. The minimum atomic E-state index is -3.99. The number of rotatable bonds is 8. The Hall–Kier alpha value is -3.88. The highest BCUT2D eigenvalue weighted by Gasteiger charge is 2.35. The van der Waals surface area contributed by atoms with Crippen LogP contribution >= 0.6 is 0 Å². The highest BCUT2D eigenvalue weighted by atomic mass is 32.2. The van der Waals surface area contributed by atoms with Crippen LogP contribution in [-0.4, -0.2) is 63.8 Å². The number of carbonyl (C=O) groups is 1. The second-order valence-corrected chi connectivity index (χ2v) is 12.0. The molecule has 0 bridgehead atoms. The molecule has 2 fully saturated rings. The molecule has 0 saturated carbocycles. The van der Waals surface area contributed by atoms with Crippen LogP contribution in [0.3, 0.4) is 0 Å². The van der Waals surface area contributed by atoms with E-state index in [-0.39, 0.29) is 80.2 Å². The fourth-order valence-corrected chi connectivity index (χ4v) is 5.85. The van der Waals surface area contributed by atoms with Crippen LogP contribution in [0, 0.1) is 0 Å². The van der Waals surface area contributed by atoms with Gasteiger partial charge in [-0.15, -0.1) is 0 Å². The Bertz CT molecular complexity index is 1600. The Kier molecular flexibility index (Phi) is 8.30. The molecule has 226 valence electrons. The average molecular weight is 614 g/mol. The van der Waals surface area contributed by atoms with E-state index >= 15 is 0 Å². The largest absolute Gasteiger partial charge is 0.460 e. The van der Waals surface area contributed by atoms with Gasteiger partial charge in [0.2, 0.25) is 10.0 Å². The van der Waals surface area contributed by atoms with Gasteiger partial charge in [-0.05, 0) is 48.7 Å². The maximum Gasteiger partial charge on any atom is 0.269 e. The first-order valence-corrected chi connectivity index (χ1v) is 14.9. The summed E-state index contributed by atoms with van der Waals surface area (Å²) in [6, 6.07) is 7.35. The minimum Gasteiger partial charge on any atom is -0.460 e. The van der Waals surface area contributed by atoms with E-state index in [4.69, 9.17) is 4.42 Å². The van der Waals surface area contributed by atoms with Crippen molar-refractivity contribution in [2.24, 2.45) is 0 Å². The number of carbonyl (C=O) groups excluding carboxylic acids is 1. The number of pyridine rings is 1. The number of furan rings is 1. The smallest absolute Gasteiger partial charge is 0.269 e. The zero-order valence-electron chi connectivity index (χ0n) is 22.3. The molecule has 0 atom stereocenters. The topological polar surface area (TPSA) is 108 Å². The van der Waals surface area contributed by atoms with Gasteiger partial charge in [0.25, 0.3) is 17.9 Å². The number of amides is 1. The van der Waals surface area contributed by atoms with Crippen LogP contribution in [0.25, 0.3) is 11.0 Å². The standard InChI is InChI=1S/C27H28F5N5O4S/c28-8-14-42(39,40)35-19-1-2-20(21(16-19)36-9-3-17(4-10-36)24(29)30)26(38)34-22-15-18-5-13-41-23(18)25(33-22)37-11-6-27(31,32)7-12-37/h1-2,5,13,15-16,35H,3-4,6-12,14H2,(H,33,34,38). The van der Waals surface area contributed by atoms with Gasteiger partial charge in [0.15, 0.2) is 11.4 Å². The van der Waals surface area contributed by atoms with E-state index < -0.39 is 40.4 Å². The number of alkyl halides is 3. The van der Waals surface area contributed by atoms with Crippen LogP contribution in [0.5, 0.6) is 0 Å². The van der Waals surface area contributed by atoms with Crippen molar-refractivity contribution in [3.05, 3.63) is 53.8 Å². The minimum absolute atomic E-state index is 0.0117. The van der Waals surface area contributed by atoms with Crippen LogP contribution in [0.1, 0.15) is 36.0 Å². The van der Waals surface area contributed by atoms with Crippen molar-refractivity contribution in [1.29, 1.82) is 0 Å². The molecule has 42 heavy (non-hydrogen) atoms. The molecule has 0 aliphatic carbocycles. The fraction of sp³-hybridized carbons (Fsp3) is 0.407. The summed E-state index contributed by atoms with van der Waals surface area (Å²) in [5.41, 5.74) is 0.882. The normalized spacial score (nSPS) is 17.4. The van der Waals surface area contributed by atoms with E-state index in [0.717, 1.165) is 0 Å². The molecule has 2 saturated heterocycles. The van der Waals surface area contributed by atoms with Gasteiger partial charge in [0, 0.05) is 44.4 Å². The van der Waals surface area contributed by atoms with Gasteiger partial charge in [-0.2, -0.15) is 8.78 Å². The summed E-state index contributed by atoms with van der Waals surface area (Å²) in [6.45, 7) is -0.703. The molecular weight excluding hydrogens is 585 g/mol. The van der Waals surface area contributed by atoms with E-state index in [9.17, 15) is 35.2 Å². The third kappa shape index (κ3) is 6.61. The van der Waals surface area contributed by atoms with Crippen molar-refractivity contribution in [1.82, 2.24) is 4.98 Å². The molecule has 0 radical (unpaired) electrons. The molecule has 2 aliphatic heterocycles. The number of anilines is 4. The molecule has 2 aliphatic rings. The predicted octanol–water partition coefficient (Wildman–Crippen LogP) is 5.78. The average Bonchev–Trinajstić information content (AvgIpc) is 3.41. The van der Waals surface area contributed by atoms with Gasteiger partial charge < -0.3 is 19.5 Å². The van der Waals surface area contributed by atoms with Crippen molar-refractivity contribution in [2.75, 3.05) is 58.4 Å². The van der Waals surface area contributed by atoms with E-state index in [1.165, 1.54) is 24.5 Å². The molecule has 9 nitrogen and oxygen atoms in total. The Morgan fingerprint density at radius 3 is 2.40 bits per heavy atom. The Morgan fingerprint density at radius 1 is 1.02 bits per heavy atom. The zero-order chi connectivity index (χ0) is 30.1. The first-order valence-electron chi connectivity index (χ1n) is 13.3. The first kappa shape index (κ1) is 29.6. The molecule has 3 aromatic rings. The Balaban J connectivity index is 1.45. The van der Waals surface area contributed by atoms with Crippen LogP contribution in [0.2, 0.25) is 0 Å². The summed E-state index contributed by atoms with van der Waals surface area (Å²) in [5.74, 6) is -3.70. The van der Waals surface area contributed by atoms with Crippen molar-refractivity contribution in [2.45, 2.75) is 31.6 Å². The number of aromatic nitrogens is 1. The molecule has 4 heterocycles. The lowest BCUT2D eigenvalue weighted by Crippen LogP contribution is -2.39. The molecule has 5 rings (SSSR count). The lowest BCUT2D eigenvalue weighted by molar-refractivity contribution is -0.0221. The third-order valence-electron chi connectivity index (χ3n) is 7.29. The molecule has 0 spiro atoms. The number of piperidine rings is 2. The van der Waals surface area contributed by atoms with Gasteiger partial charge in [0.05, 0.1) is 29.0 Å². The van der Waals surface area contributed by atoms with Crippen LogP contribution < -0.4 is 19.8 Å². The molecule has 15 heteroatoms. The van der Waals surface area contributed by atoms with Crippen molar-refractivity contribution >= 4 is 49.9 Å². The van der Waals surface area contributed by atoms with Gasteiger partial charge in [-0.1, -0.05) is 0 Å². The monoisotopic (exact) mass is 613 g/mol. The van der Waals surface area contributed by atoms with E-state index in [2.05, 4.69) is 15.0 Å². The van der Waals surface area contributed by atoms with E-state index in [1.807, 2.05) is 0 Å². The molecular formula is C27H28F5N5O4S. The number of hydrogen-bond donors (Lipinski definition) is 2. The molecule has 0 unspecified atom stereocenters. The van der Waals surface area contributed by atoms with Crippen molar-refractivity contribution in [3.63, 3.8) is 0 Å². The predicted molar refractivity (Wildman–Crippen MR) is 149 cm³/mol. The van der Waals surface area contributed by atoms with Gasteiger partial charge in [0.1, 0.15) is 12.5 Å². The van der Waals surface area contributed by atoms with Gasteiger partial charge >= 0.3 is 0 Å². The summed E-state index contributed by atoms with van der Waals surface area (Å²) in [5, 5.41) is 3.31. The van der Waals surface area contributed by atoms with Crippen LogP contribution in [0.15, 0.2) is 52.7 Å². The summed E-state index contributed by atoms with van der Waals surface area (Å²) in [4.78, 5) is 21.4. The Labute approximate surface area is 238 Å². The zero-order valence-corrected chi connectivity index (χ0v) is 23.1. The second kappa shape index (κ2) is 11.8. The summed E-state index contributed by atoms with van der Waals surface area (Å²) in [6.07, 6.45) is -0.903. The number of nitrogens with one attached hydrogen (secondary N) is 2. The maximum absolute atomic E-state index is 13.8. The Morgan fingerprint density at radius 2 is 1.74 bits per heavy atom. The van der Waals surface area contributed by atoms with Crippen molar-refractivity contribution < 1.29 is 39.6 Å². The summed E-state index contributed by atoms with van der Waals surface area (Å²) in [7, 11) is -3.99. The highest BCUT2D eigenvalue weighted by molar-refractivity contribution is 7.92. The van der Waals surface area contributed by atoms with Crippen LogP contribution in [-0.2, 0) is 10.0 Å². The number of benzene rings is 1. The van der Waals surface area contributed by atoms with Gasteiger partial charge in [-0.25, -0.2) is 26.6 Å². The number of sulfonamides is 1. The molecule has 2 aromatic heterocycles. The van der Waals surface area contributed by atoms with E-state index in [1.54, 1.807) is 21.9 Å². The maximum atomic E-state index is 13.8.